The van der Waals surface area contributed by atoms with Crippen LogP contribution >= 0.6 is 39.1 Å². The van der Waals surface area contributed by atoms with Crippen molar-refractivity contribution in [3.05, 3.63) is 62.0 Å². The zero-order chi connectivity index (χ0) is 14.7. The molecule has 0 spiro atoms. The fourth-order valence-electron chi connectivity index (χ4n) is 2.10. The standard InChI is InChI=1S/C15H14BrCl2NO/c1-19-15(11-5-4-10(17)8-13(11)18)9-3-6-14(20-2)12(16)7-9/h3-8,15,19H,1-2H3. The van der Waals surface area contributed by atoms with E-state index in [1.165, 1.54) is 0 Å². The van der Waals surface area contributed by atoms with Crippen LogP contribution in [0.5, 0.6) is 5.75 Å². The summed E-state index contributed by atoms with van der Waals surface area (Å²) in [7, 11) is 3.54. The monoisotopic (exact) mass is 373 g/mol. The normalized spacial score (nSPS) is 12.2. The lowest BCUT2D eigenvalue weighted by molar-refractivity contribution is 0.412. The average molecular weight is 375 g/mol. The summed E-state index contributed by atoms with van der Waals surface area (Å²) in [6.07, 6.45) is 0. The highest BCUT2D eigenvalue weighted by Crippen LogP contribution is 2.33. The molecule has 2 aromatic carbocycles. The van der Waals surface area contributed by atoms with Gasteiger partial charge < -0.3 is 10.1 Å². The van der Waals surface area contributed by atoms with Crippen molar-refractivity contribution in [2.45, 2.75) is 6.04 Å². The molecule has 106 valence electrons. The van der Waals surface area contributed by atoms with Gasteiger partial charge in [-0.05, 0) is 58.4 Å². The van der Waals surface area contributed by atoms with Crippen molar-refractivity contribution >= 4 is 39.1 Å². The zero-order valence-corrected chi connectivity index (χ0v) is 14.2. The summed E-state index contributed by atoms with van der Waals surface area (Å²) in [5.41, 5.74) is 2.07. The summed E-state index contributed by atoms with van der Waals surface area (Å²) in [5, 5.41) is 4.54. The molecule has 0 amide bonds. The van der Waals surface area contributed by atoms with Gasteiger partial charge in [0.15, 0.2) is 0 Å². The number of rotatable bonds is 4. The van der Waals surface area contributed by atoms with E-state index >= 15 is 0 Å². The summed E-state index contributed by atoms with van der Waals surface area (Å²) < 4.78 is 6.15. The first-order valence-corrected chi connectivity index (χ1v) is 7.57. The largest absolute Gasteiger partial charge is 0.496 e. The van der Waals surface area contributed by atoms with Crippen molar-refractivity contribution in [3.8, 4) is 5.75 Å². The topological polar surface area (TPSA) is 21.3 Å². The highest BCUT2D eigenvalue weighted by Gasteiger charge is 2.16. The Balaban J connectivity index is 2.44. The molecular weight excluding hydrogens is 361 g/mol. The number of hydrogen-bond acceptors (Lipinski definition) is 2. The Bertz CT molecular complexity index is 619. The van der Waals surface area contributed by atoms with Crippen LogP contribution in [0, 0.1) is 0 Å². The number of hydrogen-bond donors (Lipinski definition) is 1. The van der Waals surface area contributed by atoms with E-state index in [4.69, 9.17) is 27.9 Å². The third kappa shape index (κ3) is 3.29. The number of halogens is 3. The summed E-state index contributed by atoms with van der Waals surface area (Å²) in [5.74, 6) is 0.797. The van der Waals surface area contributed by atoms with Gasteiger partial charge in [-0.25, -0.2) is 0 Å². The lowest BCUT2D eigenvalue weighted by Crippen LogP contribution is -2.18. The van der Waals surface area contributed by atoms with Crippen molar-refractivity contribution in [3.63, 3.8) is 0 Å². The van der Waals surface area contributed by atoms with Gasteiger partial charge in [0.25, 0.3) is 0 Å². The quantitative estimate of drug-likeness (QED) is 0.806. The fraction of sp³-hybridized carbons (Fsp3) is 0.200. The maximum absolute atomic E-state index is 6.29. The first-order chi connectivity index (χ1) is 9.56. The Morgan fingerprint density at radius 3 is 2.45 bits per heavy atom. The van der Waals surface area contributed by atoms with E-state index < -0.39 is 0 Å². The molecule has 0 aliphatic carbocycles. The van der Waals surface area contributed by atoms with Crippen LogP contribution < -0.4 is 10.1 Å². The zero-order valence-electron chi connectivity index (χ0n) is 11.1. The Kier molecular flexibility index (Phi) is 5.33. The van der Waals surface area contributed by atoms with Crippen LogP contribution in [-0.4, -0.2) is 14.2 Å². The number of benzene rings is 2. The van der Waals surface area contributed by atoms with Crippen LogP contribution in [0.1, 0.15) is 17.2 Å². The molecular formula is C15H14BrCl2NO. The highest BCUT2D eigenvalue weighted by molar-refractivity contribution is 9.10. The number of nitrogens with one attached hydrogen (secondary N) is 1. The molecule has 2 nitrogen and oxygen atoms in total. The maximum atomic E-state index is 6.29. The molecule has 20 heavy (non-hydrogen) atoms. The van der Waals surface area contributed by atoms with Crippen LogP contribution in [0.3, 0.4) is 0 Å². The van der Waals surface area contributed by atoms with Crippen LogP contribution in [0.4, 0.5) is 0 Å². The molecule has 2 aromatic rings. The number of methoxy groups -OCH3 is 1. The molecule has 1 N–H and O–H groups in total. The van der Waals surface area contributed by atoms with Crippen LogP contribution in [0.15, 0.2) is 40.9 Å². The first-order valence-electron chi connectivity index (χ1n) is 6.02. The molecule has 0 aliphatic rings. The summed E-state index contributed by atoms with van der Waals surface area (Å²) >= 11 is 15.7. The van der Waals surface area contributed by atoms with Gasteiger partial charge in [0.1, 0.15) is 5.75 Å². The van der Waals surface area contributed by atoms with Gasteiger partial charge in [0.2, 0.25) is 0 Å². The molecule has 1 unspecified atom stereocenters. The SMILES string of the molecule is CNC(c1ccc(OC)c(Br)c1)c1ccc(Cl)cc1Cl. The minimum Gasteiger partial charge on any atom is -0.496 e. The minimum absolute atomic E-state index is 0.0121. The van der Waals surface area contributed by atoms with Crippen molar-refractivity contribution in [1.29, 1.82) is 0 Å². The molecule has 0 fully saturated rings. The molecule has 0 radical (unpaired) electrons. The average Bonchev–Trinajstić information content (AvgIpc) is 2.42. The maximum Gasteiger partial charge on any atom is 0.133 e. The second-order valence-corrected chi connectivity index (χ2v) is 5.98. The molecule has 0 saturated heterocycles. The lowest BCUT2D eigenvalue weighted by atomic mass is 9.99. The van der Waals surface area contributed by atoms with E-state index in [1.807, 2.05) is 37.4 Å². The van der Waals surface area contributed by atoms with Crippen LogP contribution in [-0.2, 0) is 0 Å². The Morgan fingerprint density at radius 2 is 1.90 bits per heavy atom. The predicted octanol–water partition coefficient (Wildman–Crippen LogP) is 5.07. The smallest absolute Gasteiger partial charge is 0.133 e. The molecule has 5 heteroatoms. The van der Waals surface area contributed by atoms with E-state index in [9.17, 15) is 0 Å². The minimum atomic E-state index is -0.0121. The molecule has 0 aliphatic heterocycles. The Morgan fingerprint density at radius 1 is 1.15 bits per heavy atom. The summed E-state index contributed by atoms with van der Waals surface area (Å²) in [4.78, 5) is 0. The van der Waals surface area contributed by atoms with Gasteiger partial charge in [-0.3, -0.25) is 0 Å². The summed E-state index contributed by atoms with van der Waals surface area (Å²) in [6, 6.07) is 11.5. The van der Waals surface area contributed by atoms with Gasteiger partial charge in [-0.15, -0.1) is 0 Å². The molecule has 0 heterocycles. The van der Waals surface area contributed by atoms with Crippen molar-refractivity contribution in [1.82, 2.24) is 5.32 Å². The van der Waals surface area contributed by atoms with E-state index in [0.29, 0.717) is 10.0 Å². The summed E-state index contributed by atoms with van der Waals surface area (Å²) in [6.45, 7) is 0. The van der Waals surface area contributed by atoms with Crippen LogP contribution in [0.25, 0.3) is 0 Å². The number of ether oxygens (including phenoxy) is 1. The Labute approximate surface area is 137 Å². The van der Waals surface area contributed by atoms with Gasteiger partial charge in [-0.1, -0.05) is 35.3 Å². The van der Waals surface area contributed by atoms with E-state index in [1.54, 1.807) is 13.2 Å². The van der Waals surface area contributed by atoms with E-state index in [2.05, 4.69) is 21.2 Å². The second-order valence-electron chi connectivity index (χ2n) is 4.28. The predicted molar refractivity (Wildman–Crippen MR) is 88.1 cm³/mol. The lowest BCUT2D eigenvalue weighted by Gasteiger charge is -2.19. The van der Waals surface area contributed by atoms with Crippen molar-refractivity contribution < 1.29 is 4.74 Å². The van der Waals surface area contributed by atoms with Crippen molar-refractivity contribution in [2.75, 3.05) is 14.2 Å². The highest BCUT2D eigenvalue weighted by atomic mass is 79.9. The van der Waals surface area contributed by atoms with Crippen LogP contribution in [0.2, 0.25) is 10.0 Å². The molecule has 0 bridgehead atoms. The third-order valence-electron chi connectivity index (χ3n) is 3.07. The van der Waals surface area contributed by atoms with Gasteiger partial charge in [0.05, 0.1) is 17.6 Å². The molecule has 0 saturated carbocycles. The fourth-order valence-corrected chi connectivity index (χ4v) is 3.18. The second kappa shape index (κ2) is 6.81. The van der Waals surface area contributed by atoms with Gasteiger partial charge >= 0.3 is 0 Å². The van der Waals surface area contributed by atoms with E-state index in [0.717, 1.165) is 21.3 Å². The third-order valence-corrected chi connectivity index (χ3v) is 4.25. The Hall–Kier alpha value is -0.740. The van der Waals surface area contributed by atoms with Gasteiger partial charge in [0, 0.05) is 10.0 Å². The molecule has 1 atom stereocenters. The first kappa shape index (κ1) is 15.6. The molecule has 2 rings (SSSR count). The molecule has 0 aromatic heterocycles. The van der Waals surface area contributed by atoms with E-state index in [-0.39, 0.29) is 6.04 Å². The van der Waals surface area contributed by atoms with Gasteiger partial charge in [-0.2, -0.15) is 0 Å². The van der Waals surface area contributed by atoms with Crippen molar-refractivity contribution in [2.24, 2.45) is 0 Å².